The molecular weight excluding hydrogens is 286 g/mol. The van der Waals surface area contributed by atoms with E-state index >= 15 is 0 Å². The fourth-order valence-corrected chi connectivity index (χ4v) is 3.69. The fourth-order valence-electron chi connectivity index (χ4n) is 2.95. The summed E-state index contributed by atoms with van der Waals surface area (Å²) < 4.78 is 0. The molecule has 7 heteroatoms. The lowest BCUT2D eigenvalue weighted by molar-refractivity contribution is 0.112. The van der Waals surface area contributed by atoms with Gasteiger partial charge in [-0.25, -0.2) is 9.97 Å². The Labute approximate surface area is 127 Å². The first-order valence-corrected chi connectivity index (χ1v) is 7.90. The van der Waals surface area contributed by atoms with Crippen LogP contribution < -0.4 is 16.0 Å². The molecule has 2 saturated heterocycles. The number of hydrogen-bond donors (Lipinski definition) is 2. The maximum absolute atomic E-state index is 10.8. The summed E-state index contributed by atoms with van der Waals surface area (Å²) in [5.74, 6) is 0.999. The van der Waals surface area contributed by atoms with Gasteiger partial charge in [0.2, 0.25) is 0 Å². The summed E-state index contributed by atoms with van der Waals surface area (Å²) in [4.78, 5) is 22.8. The second-order valence-corrected chi connectivity index (χ2v) is 6.30. The molecule has 4 rings (SSSR count). The fraction of sp³-hybridized carbons (Fsp3) is 0.500. The molecule has 1 unspecified atom stereocenters. The van der Waals surface area contributed by atoms with Gasteiger partial charge in [0.05, 0.1) is 0 Å². The molecule has 0 amide bonds. The van der Waals surface area contributed by atoms with Crippen LogP contribution in [0.15, 0.2) is 12.1 Å². The molecule has 1 spiro atoms. The lowest BCUT2D eigenvalue weighted by Crippen LogP contribution is -2.58. The van der Waals surface area contributed by atoms with Crippen molar-refractivity contribution in [2.75, 3.05) is 31.6 Å². The van der Waals surface area contributed by atoms with E-state index in [2.05, 4.69) is 25.9 Å². The Morgan fingerprint density at radius 2 is 2.19 bits per heavy atom. The number of nitrogens with one attached hydrogen (secondary N) is 1. The zero-order valence-corrected chi connectivity index (χ0v) is 12.8. The van der Waals surface area contributed by atoms with Gasteiger partial charge < -0.3 is 16.0 Å². The molecule has 1 atom stereocenters. The van der Waals surface area contributed by atoms with Crippen molar-refractivity contribution in [3.63, 3.8) is 0 Å². The van der Waals surface area contributed by atoms with E-state index in [1.165, 1.54) is 31.2 Å². The molecule has 4 heterocycles. The van der Waals surface area contributed by atoms with E-state index in [0.29, 0.717) is 10.5 Å². The lowest BCUT2D eigenvalue weighted by Gasteiger charge is -2.39. The second-order valence-electron chi connectivity index (χ2n) is 5.29. The predicted molar refractivity (Wildman–Crippen MR) is 85.1 cm³/mol. The van der Waals surface area contributed by atoms with Crippen molar-refractivity contribution in [2.45, 2.75) is 18.4 Å². The molecule has 2 aliphatic heterocycles. The van der Waals surface area contributed by atoms with Gasteiger partial charge in [-0.05, 0) is 38.6 Å². The number of aromatic nitrogens is 2. The molecule has 0 bridgehead atoms. The summed E-state index contributed by atoms with van der Waals surface area (Å²) in [5, 5.41) is 4.04. The Hall–Kier alpha value is -1.57. The number of anilines is 1. The van der Waals surface area contributed by atoms with Crippen LogP contribution in [0, 0.1) is 0 Å². The predicted octanol–water partition coefficient (Wildman–Crippen LogP) is 1.02. The highest BCUT2D eigenvalue weighted by Gasteiger charge is 2.42. The second kappa shape index (κ2) is 5.67. The van der Waals surface area contributed by atoms with Crippen LogP contribution in [0.25, 0.3) is 10.3 Å². The molecule has 3 N–H and O–H groups in total. The largest absolute Gasteiger partial charge is 0.355 e. The molecule has 2 fully saturated rings. The zero-order chi connectivity index (χ0) is 14.9. The van der Waals surface area contributed by atoms with Gasteiger partial charge in [0.1, 0.15) is 16.2 Å². The molecule has 0 radical (unpaired) electrons. The highest BCUT2D eigenvalue weighted by atomic mass is 32.1. The van der Waals surface area contributed by atoms with Gasteiger partial charge in [-0.1, -0.05) is 11.3 Å². The van der Waals surface area contributed by atoms with Gasteiger partial charge in [0, 0.05) is 18.6 Å². The van der Waals surface area contributed by atoms with Gasteiger partial charge >= 0.3 is 0 Å². The first-order chi connectivity index (χ1) is 10.3. The van der Waals surface area contributed by atoms with Crippen LogP contribution in [0.4, 0.5) is 5.82 Å². The first kappa shape index (κ1) is 14.4. The van der Waals surface area contributed by atoms with Crippen LogP contribution >= 0.6 is 11.3 Å². The molecule has 2 aliphatic rings. The quantitative estimate of drug-likeness (QED) is 0.806. The zero-order valence-electron chi connectivity index (χ0n) is 12.0. The molecule has 0 saturated carbocycles. The van der Waals surface area contributed by atoms with E-state index in [1.807, 2.05) is 12.1 Å². The van der Waals surface area contributed by atoms with Crippen molar-refractivity contribution < 1.29 is 4.79 Å². The molecule has 0 aromatic carbocycles. The van der Waals surface area contributed by atoms with Gasteiger partial charge in [0.15, 0.2) is 11.3 Å². The third kappa shape index (κ3) is 2.52. The van der Waals surface area contributed by atoms with Gasteiger partial charge in [-0.3, -0.25) is 4.79 Å². The summed E-state index contributed by atoms with van der Waals surface area (Å²) in [5.41, 5.74) is 5.64. The summed E-state index contributed by atoms with van der Waals surface area (Å²) >= 11 is 1.36. The van der Waals surface area contributed by atoms with Crippen LogP contribution in [-0.2, 0) is 0 Å². The van der Waals surface area contributed by atoms with Crippen LogP contribution in [0.5, 0.6) is 0 Å². The molecule has 21 heavy (non-hydrogen) atoms. The highest BCUT2D eigenvalue weighted by molar-refractivity contribution is 7.19. The van der Waals surface area contributed by atoms with Crippen molar-refractivity contribution in [3.05, 3.63) is 17.1 Å². The average molecular weight is 305 g/mol. The number of carbonyl (C=O) groups is 1. The Balaban J connectivity index is 0.000000636. The van der Waals surface area contributed by atoms with E-state index in [4.69, 9.17) is 0 Å². The van der Waals surface area contributed by atoms with E-state index in [1.54, 1.807) is 0 Å². The van der Waals surface area contributed by atoms with E-state index in [9.17, 15) is 4.79 Å². The average Bonchev–Trinajstić information content (AvgIpc) is 3.12. The normalized spacial score (nSPS) is 23.8. The number of nitrogens with two attached hydrogens (primary N) is 1. The summed E-state index contributed by atoms with van der Waals surface area (Å²) in [6.45, 7) is 3.22. The minimum atomic E-state index is 0.332. The summed E-state index contributed by atoms with van der Waals surface area (Å²) in [6.07, 6.45) is 3.24. The molecular formula is C14H19N5OS. The summed E-state index contributed by atoms with van der Waals surface area (Å²) in [7, 11) is 1.50. The van der Waals surface area contributed by atoms with E-state index in [-0.39, 0.29) is 0 Å². The molecule has 0 aliphatic carbocycles. The number of hydrogen-bond acceptors (Lipinski definition) is 7. The minimum Gasteiger partial charge on any atom is -0.355 e. The maximum Gasteiger partial charge on any atom is 0.178 e. The number of nitrogens with zero attached hydrogens (tertiary/aromatic N) is 3. The molecule has 112 valence electrons. The third-order valence-corrected chi connectivity index (χ3v) is 5.03. The van der Waals surface area contributed by atoms with E-state index in [0.717, 1.165) is 42.1 Å². The van der Waals surface area contributed by atoms with Crippen molar-refractivity contribution in [2.24, 2.45) is 5.73 Å². The number of fused-ring (bicyclic) bond motifs is 1. The standard InChI is InChI=1S/C13H14N4OS.CH5N/c18-7-11-15-9-1-2-10(16-12(9)19-11)17-6-4-13(8-17)3-5-14-13;1-2/h1-2,7,14H,3-6,8H2;2H2,1H3. The maximum atomic E-state index is 10.8. The Bertz CT molecular complexity index is 652. The van der Waals surface area contributed by atoms with Crippen molar-refractivity contribution in [3.8, 4) is 0 Å². The van der Waals surface area contributed by atoms with Crippen LogP contribution in [0.2, 0.25) is 0 Å². The molecule has 2 aromatic heterocycles. The number of thiazole rings is 1. The molecule has 6 nitrogen and oxygen atoms in total. The number of rotatable bonds is 2. The number of carbonyl (C=O) groups excluding carboxylic acids is 1. The summed E-state index contributed by atoms with van der Waals surface area (Å²) in [6, 6.07) is 3.97. The number of pyridine rings is 1. The third-order valence-electron chi connectivity index (χ3n) is 4.14. The van der Waals surface area contributed by atoms with Gasteiger partial charge in [-0.15, -0.1) is 0 Å². The van der Waals surface area contributed by atoms with Crippen LogP contribution in [-0.4, -0.2) is 48.5 Å². The van der Waals surface area contributed by atoms with Crippen molar-refractivity contribution >= 4 is 33.8 Å². The Morgan fingerprint density at radius 3 is 2.81 bits per heavy atom. The first-order valence-electron chi connectivity index (χ1n) is 7.09. The number of aldehydes is 1. The monoisotopic (exact) mass is 305 g/mol. The topological polar surface area (TPSA) is 84.1 Å². The Morgan fingerprint density at radius 1 is 1.38 bits per heavy atom. The van der Waals surface area contributed by atoms with Crippen molar-refractivity contribution in [1.82, 2.24) is 15.3 Å². The SMILES string of the molecule is CN.O=Cc1nc2ccc(N3CCC4(CCN4)C3)nc2s1. The molecule has 2 aromatic rings. The Kier molecular flexibility index (Phi) is 3.88. The van der Waals surface area contributed by atoms with E-state index < -0.39 is 0 Å². The van der Waals surface area contributed by atoms with Crippen molar-refractivity contribution in [1.29, 1.82) is 0 Å². The minimum absolute atomic E-state index is 0.332. The smallest absolute Gasteiger partial charge is 0.178 e. The highest BCUT2D eigenvalue weighted by Crippen LogP contribution is 2.33. The van der Waals surface area contributed by atoms with Gasteiger partial charge in [0.25, 0.3) is 0 Å². The van der Waals surface area contributed by atoms with Gasteiger partial charge in [-0.2, -0.15) is 0 Å². The van der Waals surface area contributed by atoms with Crippen LogP contribution in [0.3, 0.4) is 0 Å². The lowest BCUT2D eigenvalue weighted by atomic mass is 9.87. The van der Waals surface area contributed by atoms with Crippen LogP contribution in [0.1, 0.15) is 22.6 Å².